The van der Waals surface area contributed by atoms with Gasteiger partial charge in [-0.05, 0) is 19.8 Å². The highest BCUT2D eigenvalue weighted by Crippen LogP contribution is 2.28. The molecule has 0 heterocycles. The van der Waals surface area contributed by atoms with E-state index >= 15 is 0 Å². The Labute approximate surface area is 78.8 Å². The summed E-state index contributed by atoms with van der Waals surface area (Å²) in [4.78, 5) is 10.2. The molecule has 74 valence electrons. The van der Waals surface area contributed by atoms with E-state index in [0.29, 0.717) is 6.54 Å². The fourth-order valence-electron chi connectivity index (χ4n) is 1.80. The summed E-state index contributed by atoms with van der Waals surface area (Å²) in [5.74, 6) is -0.877. The Kier molecular flexibility index (Phi) is 3.48. The molecular formula is C10H17NO2. The molecule has 2 N–H and O–H groups in total. The molecule has 1 rings (SSSR count). The number of hydrogen-bond acceptors (Lipinski definition) is 2. The Balaban J connectivity index is 2.21. The molecule has 0 aromatic rings. The van der Waals surface area contributed by atoms with Gasteiger partial charge in [0.1, 0.15) is 0 Å². The minimum absolute atomic E-state index is 0.239. The Morgan fingerprint density at radius 2 is 2.15 bits per heavy atom. The van der Waals surface area contributed by atoms with E-state index in [-0.39, 0.29) is 5.54 Å². The van der Waals surface area contributed by atoms with Crippen molar-refractivity contribution in [3.63, 3.8) is 0 Å². The van der Waals surface area contributed by atoms with E-state index in [1.807, 2.05) is 0 Å². The molecule has 3 nitrogen and oxygen atoms in total. The predicted octanol–water partition coefficient (Wildman–Crippen LogP) is 1.55. The average molecular weight is 183 g/mol. The van der Waals surface area contributed by atoms with Gasteiger partial charge >= 0.3 is 5.97 Å². The summed E-state index contributed by atoms with van der Waals surface area (Å²) < 4.78 is 0. The van der Waals surface area contributed by atoms with Crippen molar-refractivity contribution >= 4 is 5.97 Å². The lowest BCUT2D eigenvalue weighted by Crippen LogP contribution is -2.39. The lowest BCUT2D eigenvalue weighted by molar-refractivity contribution is -0.131. The second-order valence-electron chi connectivity index (χ2n) is 3.89. The molecule has 1 saturated carbocycles. The zero-order valence-electron chi connectivity index (χ0n) is 8.05. The molecule has 0 aromatic heterocycles. The molecule has 13 heavy (non-hydrogen) atoms. The number of aliphatic carboxylic acids is 1. The summed E-state index contributed by atoms with van der Waals surface area (Å²) in [7, 11) is 0. The minimum Gasteiger partial charge on any atom is -0.478 e. The molecule has 0 aromatic carbocycles. The van der Waals surface area contributed by atoms with Crippen molar-refractivity contribution in [3.8, 4) is 0 Å². The first kappa shape index (κ1) is 10.3. The van der Waals surface area contributed by atoms with Crippen molar-refractivity contribution in [1.29, 1.82) is 0 Å². The highest BCUT2D eigenvalue weighted by Gasteiger charge is 2.26. The summed E-state index contributed by atoms with van der Waals surface area (Å²) in [6.07, 6.45) is 7.82. The van der Waals surface area contributed by atoms with Gasteiger partial charge in [-0.1, -0.05) is 18.9 Å². The first-order valence-corrected chi connectivity index (χ1v) is 4.77. The molecule has 0 aliphatic heterocycles. The zero-order chi connectivity index (χ0) is 9.73. The summed E-state index contributed by atoms with van der Waals surface area (Å²) in [5, 5.41) is 11.7. The largest absolute Gasteiger partial charge is 0.478 e. The molecule has 1 fully saturated rings. The number of hydrogen-bond donors (Lipinski definition) is 2. The standard InChI is InChI=1S/C10H17NO2/c1-10(6-2-3-7-10)11-8-4-5-9(12)13/h4-5,11H,2-3,6-8H2,1H3,(H,12,13)/b5-4+. The van der Waals surface area contributed by atoms with E-state index in [1.165, 1.54) is 31.8 Å². The van der Waals surface area contributed by atoms with Crippen LogP contribution in [0.3, 0.4) is 0 Å². The van der Waals surface area contributed by atoms with Crippen molar-refractivity contribution in [2.75, 3.05) is 6.54 Å². The van der Waals surface area contributed by atoms with Crippen molar-refractivity contribution in [2.24, 2.45) is 0 Å². The smallest absolute Gasteiger partial charge is 0.328 e. The third-order valence-corrected chi connectivity index (χ3v) is 2.61. The molecule has 0 spiro atoms. The van der Waals surface area contributed by atoms with Crippen LogP contribution >= 0.6 is 0 Å². The van der Waals surface area contributed by atoms with Crippen LogP contribution in [-0.4, -0.2) is 23.2 Å². The van der Waals surface area contributed by atoms with Gasteiger partial charge in [0.05, 0.1) is 0 Å². The maximum atomic E-state index is 10.2. The lowest BCUT2D eigenvalue weighted by atomic mass is 10.0. The van der Waals surface area contributed by atoms with Crippen LogP contribution in [0.4, 0.5) is 0 Å². The quantitative estimate of drug-likeness (QED) is 0.650. The van der Waals surface area contributed by atoms with Crippen LogP contribution in [0, 0.1) is 0 Å². The number of carboxylic acid groups (broad SMARTS) is 1. The maximum Gasteiger partial charge on any atom is 0.328 e. The van der Waals surface area contributed by atoms with Crippen molar-refractivity contribution in [3.05, 3.63) is 12.2 Å². The molecule has 3 heteroatoms. The summed E-state index contributed by atoms with van der Waals surface area (Å²) in [6.45, 7) is 2.86. The fourth-order valence-corrected chi connectivity index (χ4v) is 1.80. The lowest BCUT2D eigenvalue weighted by Gasteiger charge is -2.24. The van der Waals surface area contributed by atoms with E-state index in [2.05, 4.69) is 12.2 Å². The first-order chi connectivity index (χ1) is 6.12. The van der Waals surface area contributed by atoms with Gasteiger partial charge in [0.15, 0.2) is 0 Å². The van der Waals surface area contributed by atoms with Crippen LogP contribution in [-0.2, 0) is 4.79 Å². The summed E-state index contributed by atoms with van der Waals surface area (Å²) in [5.41, 5.74) is 0.239. The minimum atomic E-state index is -0.877. The van der Waals surface area contributed by atoms with Gasteiger partial charge in [0, 0.05) is 18.2 Å². The van der Waals surface area contributed by atoms with Crippen LogP contribution in [0.2, 0.25) is 0 Å². The van der Waals surface area contributed by atoms with E-state index in [1.54, 1.807) is 6.08 Å². The zero-order valence-corrected chi connectivity index (χ0v) is 8.05. The maximum absolute atomic E-state index is 10.2. The molecule has 1 aliphatic rings. The van der Waals surface area contributed by atoms with Gasteiger partial charge < -0.3 is 10.4 Å². The highest BCUT2D eigenvalue weighted by molar-refractivity contribution is 5.79. The first-order valence-electron chi connectivity index (χ1n) is 4.77. The fraction of sp³-hybridized carbons (Fsp3) is 0.700. The van der Waals surface area contributed by atoms with Crippen LogP contribution < -0.4 is 5.32 Å². The number of carboxylic acids is 1. The van der Waals surface area contributed by atoms with E-state index in [0.717, 1.165) is 0 Å². The van der Waals surface area contributed by atoms with E-state index < -0.39 is 5.97 Å². The average Bonchev–Trinajstić information content (AvgIpc) is 2.47. The molecule has 0 unspecified atom stereocenters. The monoisotopic (exact) mass is 183 g/mol. The Bertz CT molecular complexity index is 205. The van der Waals surface area contributed by atoms with E-state index in [9.17, 15) is 4.79 Å². The van der Waals surface area contributed by atoms with Gasteiger partial charge in [-0.15, -0.1) is 0 Å². The van der Waals surface area contributed by atoms with Gasteiger partial charge in [-0.2, -0.15) is 0 Å². The van der Waals surface area contributed by atoms with Crippen LogP contribution in [0.5, 0.6) is 0 Å². The van der Waals surface area contributed by atoms with Crippen molar-refractivity contribution < 1.29 is 9.90 Å². The summed E-state index contributed by atoms with van der Waals surface area (Å²) in [6, 6.07) is 0. The SMILES string of the molecule is CC1(NC/C=C/C(=O)O)CCCC1. The molecule has 0 saturated heterocycles. The van der Waals surface area contributed by atoms with Gasteiger partial charge in [0.25, 0.3) is 0 Å². The van der Waals surface area contributed by atoms with Gasteiger partial charge in [0.2, 0.25) is 0 Å². The molecular weight excluding hydrogens is 166 g/mol. The Hall–Kier alpha value is -0.830. The van der Waals surface area contributed by atoms with Gasteiger partial charge in [-0.25, -0.2) is 4.79 Å². The number of rotatable bonds is 4. The predicted molar refractivity (Wildman–Crippen MR) is 51.7 cm³/mol. The topological polar surface area (TPSA) is 49.3 Å². The Morgan fingerprint density at radius 1 is 1.54 bits per heavy atom. The highest BCUT2D eigenvalue weighted by atomic mass is 16.4. The summed E-state index contributed by atoms with van der Waals surface area (Å²) >= 11 is 0. The van der Waals surface area contributed by atoms with Crippen LogP contribution in [0.25, 0.3) is 0 Å². The molecule has 1 aliphatic carbocycles. The van der Waals surface area contributed by atoms with E-state index in [4.69, 9.17) is 5.11 Å². The Morgan fingerprint density at radius 3 is 2.69 bits per heavy atom. The van der Waals surface area contributed by atoms with Crippen molar-refractivity contribution in [2.45, 2.75) is 38.1 Å². The number of carbonyl (C=O) groups is 1. The van der Waals surface area contributed by atoms with Gasteiger partial charge in [-0.3, -0.25) is 0 Å². The molecule has 0 atom stereocenters. The van der Waals surface area contributed by atoms with Crippen molar-refractivity contribution in [1.82, 2.24) is 5.32 Å². The van der Waals surface area contributed by atoms with Crippen LogP contribution in [0.15, 0.2) is 12.2 Å². The number of nitrogens with one attached hydrogen (secondary N) is 1. The second-order valence-corrected chi connectivity index (χ2v) is 3.89. The third kappa shape index (κ3) is 3.59. The van der Waals surface area contributed by atoms with Crippen LogP contribution in [0.1, 0.15) is 32.6 Å². The second kappa shape index (κ2) is 4.42. The molecule has 0 bridgehead atoms. The molecule has 0 amide bonds. The normalized spacial score (nSPS) is 21.0. The third-order valence-electron chi connectivity index (χ3n) is 2.61. The molecule has 0 radical (unpaired) electrons.